The van der Waals surface area contributed by atoms with Gasteiger partial charge in [-0.3, -0.25) is 9.98 Å². The van der Waals surface area contributed by atoms with Gasteiger partial charge in [0, 0.05) is 22.3 Å². The second kappa shape index (κ2) is 6.13. The second-order valence-electron chi connectivity index (χ2n) is 5.92. The van der Waals surface area contributed by atoms with Gasteiger partial charge in [-0.1, -0.05) is 41.9 Å². The van der Waals surface area contributed by atoms with Crippen molar-refractivity contribution < 1.29 is 0 Å². The summed E-state index contributed by atoms with van der Waals surface area (Å²) >= 11 is 6.21. The Labute approximate surface area is 140 Å². The monoisotopic (exact) mass is 320 g/mol. The summed E-state index contributed by atoms with van der Waals surface area (Å²) in [6, 6.07) is 16.1. The fourth-order valence-corrected chi connectivity index (χ4v) is 3.37. The quantitative estimate of drug-likeness (QED) is 0.571. The molecule has 4 rings (SSSR count). The number of pyridine rings is 1. The van der Waals surface area contributed by atoms with E-state index in [0.29, 0.717) is 0 Å². The Morgan fingerprint density at radius 2 is 1.83 bits per heavy atom. The molecule has 3 heteroatoms. The van der Waals surface area contributed by atoms with E-state index in [0.717, 1.165) is 40.0 Å². The van der Waals surface area contributed by atoms with Gasteiger partial charge >= 0.3 is 0 Å². The summed E-state index contributed by atoms with van der Waals surface area (Å²) in [5.74, 6) is 0. The van der Waals surface area contributed by atoms with E-state index in [1.54, 1.807) is 0 Å². The van der Waals surface area contributed by atoms with Crippen molar-refractivity contribution in [1.82, 2.24) is 4.98 Å². The maximum atomic E-state index is 6.21. The van der Waals surface area contributed by atoms with Crippen molar-refractivity contribution >= 4 is 34.4 Å². The van der Waals surface area contributed by atoms with Gasteiger partial charge in [0.25, 0.3) is 0 Å². The van der Waals surface area contributed by atoms with Crippen molar-refractivity contribution in [2.45, 2.75) is 25.7 Å². The first-order chi connectivity index (χ1) is 11.3. The van der Waals surface area contributed by atoms with Crippen LogP contribution in [0.3, 0.4) is 0 Å². The molecule has 0 unspecified atom stereocenters. The molecule has 0 fully saturated rings. The number of aromatic nitrogens is 1. The second-order valence-corrected chi connectivity index (χ2v) is 6.36. The molecule has 0 atom stereocenters. The Morgan fingerprint density at radius 3 is 2.70 bits per heavy atom. The van der Waals surface area contributed by atoms with Gasteiger partial charge in [-0.15, -0.1) is 0 Å². The number of aliphatic imine (C=N–C) groups is 1. The lowest BCUT2D eigenvalue weighted by molar-refractivity contribution is 0.672. The van der Waals surface area contributed by atoms with Gasteiger partial charge < -0.3 is 0 Å². The molecule has 0 amide bonds. The third-order valence-electron chi connectivity index (χ3n) is 4.34. The summed E-state index contributed by atoms with van der Waals surface area (Å²) in [6.45, 7) is 0. The van der Waals surface area contributed by atoms with Crippen molar-refractivity contribution in [3.8, 4) is 0 Å². The Hall–Kier alpha value is -2.19. The molecule has 1 aromatic heterocycles. The van der Waals surface area contributed by atoms with E-state index in [4.69, 9.17) is 21.6 Å². The number of hydrogen-bond acceptors (Lipinski definition) is 2. The van der Waals surface area contributed by atoms with Crippen LogP contribution in [0.5, 0.6) is 0 Å². The molecule has 23 heavy (non-hydrogen) atoms. The van der Waals surface area contributed by atoms with Gasteiger partial charge in [0.05, 0.1) is 11.2 Å². The molecule has 1 aliphatic rings. The minimum absolute atomic E-state index is 0.728. The average Bonchev–Trinajstić information content (AvgIpc) is 2.60. The number of aryl methyl sites for hydroxylation is 1. The first-order valence-electron chi connectivity index (χ1n) is 8.01. The number of nitrogens with zero attached hydrogens (tertiary/aromatic N) is 2. The van der Waals surface area contributed by atoms with Gasteiger partial charge in [-0.05, 0) is 55.0 Å². The van der Waals surface area contributed by atoms with Gasteiger partial charge in [0.15, 0.2) is 0 Å². The standard InChI is InChI=1S/C20H17ClN2/c21-15-10-11-19-17(12-15)20(16-8-4-5-9-18(16)23-19)22-13-14-6-2-1-3-7-14/h1-3,6-7,10-13H,4-5,8-9H2. The average molecular weight is 321 g/mol. The van der Waals surface area contributed by atoms with Crippen LogP contribution in [0.15, 0.2) is 53.5 Å². The van der Waals surface area contributed by atoms with Crippen LogP contribution in [0.4, 0.5) is 5.69 Å². The van der Waals surface area contributed by atoms with Crippen LogP contribution < -0.4 is 0 Å². The smallest absolute Gasteiger partial charge is 0.0774 e. The molecule has 0 saturated heterocycles. The summed E-state index contributed by atoms with van der Waals surface area (Å²) in [4.78, 5) is 9.68. The Kier molecular flexibility index (Phi) is 3.84. The van der Waals surface area contributed by atoms with Crippen molar-refractivity contribution in [3.63, 3.8) is 0 Å². The maximum Gasteiger partial charge on any atom is 0.0774 e. The van der Waals surface area contributed by atoms with E-state index < -0.39 is 0 Å². The zero-order chi connectivity index (χ0) is 15.6. The first kappa shape index (κ1) is 14.4. The fraction of sp³-hybridized carbons (Fsp3) is 0.200. The lowest BCUT2D eigenvalue weighted by Gasteiger charge is -2.18. The Morgan fingerprint density at radius 1 is 1.00 bits per heavy atom. The summed E-state index contributed by atoms with van der Waals surface area (Å²) in [7, 11) is 0. The molecule has 3 aromatic rings. The number of benzene rings is 2. The number of halogens is 1. The molecule has 114 valence electrons. The minimum atomic E-state index is 0.728. The van der Waals surface area contributed by atoms with Crippen LogP contribution in [-0.4, -0.2) is 11.2 Å². The van der Waals surface area contributed by atoms with E-state index >= 15 is 0 Å². The molecule has 0 radical (unpaired) electrons. The number of hydrogen-bond donors (Lipinski definition) is 0. The lowest BCUT2D eigenvalue weighted by atomic mass is 9.93. The topological polar surface area (TPSA) is 25.2 Å². The Bertz CT molecular complexity index is 885. The highest BCUT2D eigenvalue weighted by atomic mass is 35.5. The van der Waals surface area contributed by atoms with Crippen LogP contribution in [0.2, 0.25) is 5.02 Å². The molecular formula is C20H17ClN2. The normalized spacial score (nSPS) is 14.3. The molecule has 2 aromatic carbocycles. The largest absolute Gasteiger partial charge is 0.255 e. The van der Waals surface area contributed by atoms with E-state index in [-0.39, 0.29) is 0 Å². The predicted molar refractivity (Wildman–Crippen MR) is 97.1 cm³/mol. The highest BCUT2D eigenvalue weighted by Crippen LogP contribution is 2.36. The summed E-state index contributed by atoms with van der Waals surface area (Å²) in [6.07, 6.45) is 6.44. The zero-order valence-corrected chi connectivity index (χ0v) is 13.6. The van der Waals surface area contributed by atoms with Crippen molar-refractivity contribution in [1.29, 1.82) is 0 Å². The van der Waals surface area contributed by atoms with Gasteiger partial charge in [-0.2, -0.15) is 0 Å². The van der Waals surface area contributed by atoms with Crippen LogP contribution in [-0.2, 0) is 12.8 Å². The summed E-state index contributed by atoms with van der Waals surface area (Å²) in [5.41, 5.74) is 5.61. The summed E-state index contributed by atoms with van der Waals surface area (Å²) < 4.78 is 0. The molecule has 0 saturated carbocycles. The van der Waals surface area contributed by atoms with E-state index in [1.807, 2.05) is 42.6 Å². The van der Waals surface area contributed by atoms with Gasteiger partial charge in [0.2, 0.25) is 0 Å². The van der Waals surface area contributed by atoms with Crippen LogP contribution in [0, 0.1) is 0 Å². The number of rotatable bonds is 2. The van der Waals surface area contributed by atoms with Crippen LogP contribution >= 0.6 is 11.6 Å². The molecule has 0 aliphatic heterocycles. The van der Waals surface area contributed by atoms with Crippen LogP contribution in [0.1, 0.15) is 29.7 Å². The van der Waals surface area contributed by atoms with E-state index in [9.17, 15) is 0 Å². The Balaban J connectivity index is 1.91. The molecule has 1 aliphatic carbocycles. The van der Waals surface area contributed by atoms with E-state index in [1.165, 1.54) is 24.1 Å². The minimum Gasteiger partial charge on any atom is -0.255 e. The molecule has 0 N–H and O–H groups in total. The molecule has 0 spiro atoms. The van der Waals surface area contributed by atoms with Crippen molar-refractivity contribution in [2.75, 3.05) is 0 Å². The molecule has 1 heterocycles. The molecule has 0 bridgehead atoms. The fourth-order valence-electron chi connectivity index (χ4n) is 3.20. The third-order valence-corrected chi connectivity index (χ3v) is 4.57. The SMILES string of the molecule is Clc1ccc2nc3c(c(N=Cc4ccccc4)c2c1)CCCC3. The molecular weight excluding hydrogens is 304 g/mol. The van der Waals surface area contributed by atoms with Gasteiger partial charge in [-0.25, -0.2) is 0 Å². The number of fused-ring (bicyclic) bond motifs is 2. The van der Waals surface area contributed by atoms with E-state index in [2.05, 4.69) is 12.1 Å². The highest BCUT2D eigenvalue weighted by molar-refractivity contribution is 6.31. The van der Waals surface area contributed by atoms with Crippen molar-refractivity contribution in [2.24, 2.45) is 4.99 Å². The summed E-state index contributed by atoms with van der Waals surface area (Å²) in [5, 5.41) is 1.77. The first-order valence-corrected chi connectivity index (χ1v) is 8.39. The third kappa shape index (κ3) is 2.87. The molecule has 2 nitrogen and oxygen atoms in total. The lowest BCUT2D eigenvalue weighted by Crippen LogP contribution is -2.06. The van der Waals surface area contributed by atoms with Gasteiger partial charge in [0.1, 0.15) is 0 Å². The maximum absolute atomic E-state index is 6.21. The van der Waals surface area contributed by atoms with Crippen molar-refractivity contribution in [3.05, 3.63) is 70.4 Å². The zero-order valence-electron chi connectivity index (χ0n) is 12.8. The van der Waals surface area contributed by atoms with Crippen LogP contribution in [0.25, 0.3) is 10.9 Å². The highest BCUT2D eigenvalue weighted by Gasteiger charge is 2.17. The predicted octanol–water partition coefficient (Wildman–Crippen LogP) is 5.52.